The standard InChI is InChI=1S/C12H13NO3/c1-3-13-9-5-10(14)7(2)4-8(9)11(15)6-12(13)16/h4-6,14-15H,3H2,1-2H3. The second kappa shape index (κ2) is 3.56. The van der Waals surface area contributed by atoms with Gasteiger partial charge in [0.25, 0.3) is 5.56 Å². The van der Waals surface area contributed by atoms with Crippen LogP contribution in [-0.2, 0) is 6.54 Å². The van der Waals surface area contributed by atoms with E-state index in [1.807, 2.05) is 6.92 Å². The van der Waals surface area contributed by atoms with E-state index in [0.717, 1.165) is 0 Å². The van der Waals surface area contributed by atoms with Gasteiger partial charge in [0.2, 0.25) is 0 Å². The maximum atomic E-state index is 11.6. The molecule has 1 heterocycles. The topological polar surface area (TPSA) is 62.5 Å². The second-order valence-corrected chi connectivity index (χ2v) is 3.77. The number of benzene rings is 1. The minimum absolute atomic E-state index is 0.0483. The van der Waals surface area contributed by atoms with Crippen LogP contribution < -0.4 is 5.56 Å². The van der Waals surface area contributed by atoms with E-state index in [1.165, 1.54) is 16.7 Å². The van der Waals surface area contributed by atoms with E-state index < -0.39 is 0 Å². The van der Waals surface area contributed by atoms with Crippen LogP contribution in [0.25, 0.3) is 10.9 Å². The average molecular weight is 219 g/mol. The summed E-state index contributed by atoms with van der Waals surface area (Å²) in [5.41, 5.74) is 0.954. The fourth-order valence-electron chi connectivity index (χ4n) is 1.83. The Hall–Kier alpha value is -1.97. The summed E-state index contributed by atoms with van der Waals surface area (Å²) in [5, 5.41) is 19.9. The van der Waals surface area contributed by atoms with Crippen LogP contribution in [0.1, 0.15) is 12.5 Å². The first-order valence-electron chi connectivity index (χ1n) is 5.10. The highest BCUT2D eigenvalue weighted by Gasteiger charge is 2.09. The second-order valence-electron chi connectivity index (χ2n) is 3.77. The molecule has 0 aliphatic rings. The van der Waals surface area contributed by atoms with Crippen molar-refractivity contribution in [2.24, 2.45) is 0 Å². The molecule has 0 aliphatic heterocycles. The number of hydrogen-bond acceptors (Lipinski definition) is 3. The summed E-state index contributed by atoms with van der Waals surface area (Å²) in [4.78, 5) is 11.6. The lowest BCUT2D eigenvalue weighted by Gasteiger charge is -2.10. The van der Waals surface area contributed by atoms with Gasteiger partial charge in [0.1, 0.15) is 11.5 Å². The molecular formula is C12H13NO3. The number of aryl methyl sites for hydroxylation is 2. The molecular weight excluding hydrogens is 206 g/mol. The average Bonchev–Trinajstić information content (AvgIpc) is 2.22. The summed E-state index contributed by atoms with van der Waals surface area (Å²) in [6, 6.07) is 4.38. The Balaban J connectivity index is 3.00. The van der Waals surface area contributed by atoms with Crippen molar-refractivity contribution in [1.29, 1.82) is 0 Å². The van der Waals surface area contributed by atoms with Crippen molar-refractivity contribution in [1.82, 2.24) is 4.57 Å². The van der Waals surface area contributed by atoms with Gasteiger partial charge in [-0.2, -0.15) is 0 Å². The van der Waals surface area contributed by atoms with Crippen LogP contribution in [0.3, 0.4) is 0 Å². The van der Waals surface area contributed by atoms with Crippen LogP contribution >= 0.6 is 0 Å². The van der Waals surface area contributed by atoms with E-state index in [9.17, 15) is 15.0 Å². The van der Waals surface area contributed by atoms with E-state index >= 15 is 0 Å². The van der Waals surface area contributed by atoms with Gasteiger partial charge in [-0.25, -0.2) is 0 Å². The van der Waals surface area contributed by atoms with Crippen molar-refractivity contribution in [2.75, 3.05) is 0 Å². The van der Waals surface area contributed by atoms with Gasteiger partial charge in [0.15, 0.2) is 0 Å². The van der Waals surface area contributed by atoms with Crippen LogP contribution in [0.4, 0.5) is 0 Å². The van der Waals surface area contributed by atoms with E-state index in [1.54, 1.807) is 13.0 Å². The van der Waals surface area contributed by atoms with E-state index in [2.05, 4.69) is 0 Å². The number of rotatable bonds is 1. The quantitative estimate of drug-likeness (QED) is 0.768. The van der Waals surface area contributed by atoms with Crippen molar-refractivity contribution in [3.8, 4) is 11.5 Å². The maximum absolute atomic E-state index is 11.6. The number of phenolic OH excluding ortho intramolecular Hbond substituents is 1. The monoisotopic (exact) mass is 219 g/mol. The van der Waals surface area contributed by atoms with Crippen LogP contribution in [0, 0.1) is 6.92 Å². The van der Waals surface area contributed by atoms with E-state index in [0.29, 0.717) is 23.0 Å². The molecule has 16 heavy (non-hydrogen) atoms. The molecule has 0 amide bonds. The van der Waals surface area contributed by atoms with Gasteiger partial charge in [-0.1, -0.05) is 0 Å². The smallest absolute Gasteiger partial charge is 0.254 e. The molecule has 0 radical (unpaired) electrons. The van der Waals surface area contributed by atoms with Crippen LogP contribution in [0.2, 0.25) is 0 Å². The van der Waals surface area contributed by atoms with Crippen molar-refractivity contribution in [3.63, 3.8) is 0 Å². The number of pyridine rings is 1. The highest BCUT2D eigenvalue weighted by atomic mass is 16.3. The number of aromatic nitrogens is 1. The SMILES string of the molecule is CCn1c(=O)cc(O)c2cc(C)c(O)cc21. The lowest BCUT2D eigenvalue weighted by Crippen LogP contribution is -2.18. The molecule has 2 rings (SSSR count). The first-order chi connectivity index (χ1) is 7.54. The molecule has 0 atom stereocenters. The number of hydrogen-bond donors (Lipinski definition) is 2. The molecule has 0 aliphatic carbocycles. The molecule has 0 unspecified atom stereocenters. The molecule has 2 aromatic rings. The Morgan fingerprint density at radius 3 is 2.50 bits per heavy atom. The Bertz CT molecular complexity index is 614. The minimum atomic E-state index is -0.268. The number of fused-ring (bicyclic) bond motifs is 1. The Morgan fingerprint density at radius 1 is 1.19 bits per heavy atom. The normalized spacial score (nSPS) is 10.9. The highest BCUT2D eigenvalue weighted by molar-refractivity contribution is 5.87. The van der Waals surface area contributed by atoms with Gasteiger partial charge in [-0.15, -0.1) is 0 Å². The van der Waals surface area contributed by atoms with Crippen molar-refractivity contribution < 1.29 is 10.2 Å². The molecule has 4 heteroatoms. The molecule has 0 saturated carbocycles. The third-order valence-corrected chi connectivity index (χ3v) is 2.72. The van der Waals surface area contributed by atoms with Gasteiger partial charge >= 0.3 is 0 Å². The summed E-state index contributed by atoms with van der Waals surface area (Å²) in [7, 11) is 0. The van der Waals surface area contributed by atoms with Gasteiger partial charge in [0, 0.05) is 24.1 Å². The van der Waals surface area contributed by atoms with E-state index in [4.69, 9.17) is 0 Å². The zero-order chi connectivity index (χ0) is 11.9. The lowest BCUT2D eigenvalue weighted by atomic mass is 10.1. The zero-order valence-corrected chi connectivity index (χ0v) is 9.19. The molecule has 0 saturated heterocycles. The summed E-state index contributed by atoms with van der Waals surface area (Å²) in [6.07, 6.45) is 0. The Kier molecular flexibility index (Phi) is 2.34. The van der Waals surface area contributed by atoms with Crippen molar-refractivity contribution in [3.05, 3.63) is 34.1 Å². The van der Waals surface area contributed by atoms with Gasteiger partial charge in [0.05, 0.1) is 5.52 Å². The maximum Gasteiger partial charge on any atom is 0.254 e. The predicted octanol–water partition coefficient (Wildman–Crippen LogP) is 1.74. The summed E-state index contributed by atoms with van der Waals surface area (Å²) in [6.45, 7) is 4.09. The summed E-state index contributed by atoms with van der Waals surface area (Å²) in [5.74, 6) is 0.0764. The Morgan fingerprint density at radius 2 is 1.88 bits per heavy atom. The van der Waals surface area contributed by atoms with Gasteiger partial charge in [-0.05, 0) is 25.5 Å². The molecule has 0 spiro atoms. The molecule has 84 valence electrons. The molecule has 0 fully saturated rings. The van der Waals surface area contributed by atoms with Gasteiger partial charge < -0.3 is 14.8 Å². The third-order valence-electron chi connectivity index (χ3n) is 2.72. The van der Waals surface area contributed by atoms with Gasteiger partial charge in [-0.3, -0.25) is 4.79 Å². The predicted molar refractivity (Wildman–Crippen MR) is 61.9 cm³/mol. The highest BCUT2D eigenvalue weighted by Crippen LogP contribution is 2.28. The van der Waals surface area contributed by atoms with Crippen molar-refractivity contribution >= 4 is 10.9 Å². The fourth-order valence-corrected chi connectivity index (χ4v) is 1.83. The first kappa shape index (κ1) is 10.5. The molecule has 1 aromatic carbocycles. The van der Waals surface area contributed by atoms with E-state index in [-0.39, 0.29) is 17.1 Å². The molecule has 0 bridgehead atoms. The fraction of sp³-hybridized carbons (Fsp3) is 0.250. The lowest BCUT2D eigenvalue weighted by molar-refractivity contribution is 0.469. The zero-order valence-electron chi connectivity index (χ0n) is 9.19. The third kappa shape index (κ3) is 1.43. The number of aromatic hydroxyl groups is 2. The largest absolute Gasteiger partial charge is 0.508 e. The first-order valence-corrected chi connectivity index (χ1v) is 5.10. The Labute approximate surface area is 92.4 Å². The minimum Gasteiger partial charge on any atom is -0.508 e. The van der Waals surface area contributed by atoms with Crippen LogP contribution in [0.15, 0.2) is 23.0 Å². The molecule has 1 aromatic heterocycles. The molecule has 2 N–H and O–H groups in total. The molecule has 4 nitrogen and oxygen atoms in total. The van der Waals surface area contributed by atoms with Crippen LogP contribution in [-0.4, -0.2) is 14.8 Å². The number of phenols is 1. The summed E-state index contributed by atoms with van der Waals surface area (Å²) >= 11 is 0. The van der Waals surface area contributed by atoms with Crippen molar-refractivity contribution in [2.45, 2.75) is 20.4 Å². The summed E-state index contributed by atoms with van der Waals surface area (Å²) < 4.78 is 1.51. The number of nitrogens with zero attached hydrogens (tertiary/aromatic N) is 1. The van der Waals surface area contributed by atoms with Crippen LogP contribution in [0.5, 0.6) is 11.5 Å².